The Hall–Kier alpha value is -2.96. The highest BCUT2D eigenvalue weighted by molar-refractivity contribution is 5.90. The molecule has 1 fully saturated rings. The topological polar surface area (TPSA) is 64.3 Å². The molecule has 32 heavy (non-hydrogen) atoms. The van der Waals surface area contributed by atoms with Crippen molar-refractivity contribution in [1.82, 2.24) is 19.8 Å². The summed E-state index contributed by atoms with van der Waals surface area (Å²) in [6.07, 6.45) is 4.11. The lowest BCUT2D eigenvalue weighted by Crippen LogP contribution is -2.45. The molecule has 1 amide bonds. The zero-order valence-corrected chi connectivity index (χ0v) is 19.3. The minimum atomic E-state index is 0.0274. The number of hydrogen-bond donors (Lipinski definition) is 2. The second kappa shape index (κ2) is 10.1. The molecule has 3 aromatic rings. The Bertz CT molecular complexity index is 1040. The number of nitrogens with one attached hydrogen (secondary N) is 2. The average molecular weight is 432 g/mol. The number of carbonyl (C=O) groups excluding carboxylic acids is 1. The predicted molar refractivity (Wildman–Crippen MR) is 129 cm³/mol. The second-order valence-corrected chi connectivity index (χ2v) is 8.80. The molecule has 0 radical (unpaired) electrons. The molecule has 1 aliphatic rings. The van der Waals surface area contributed by atoms with Crippen LogP contribution in [0, 0.1) is 13.8 Å². The summed E-state index contributed by atoms with van der Waals surface area (Å²) >= 11 is 0. The third-order valence-corrected chi connectivity index (χ3v) is 6.54. The van der Waals surface area contributed by atoms with Gasteiger partial charge in [0.25, 0.3) is 0 Å². The fraction of sp³-hybridized carbons (Fsp3) is 0.385. The number of anilines is 1. The number of carbonyl (C=O) groups is 1. The minimum absolute atomic E-state index is 0.0274. The first kappa shape index (κ1) is 22.2. The number of likely N-dealkylation sites (N-methyl/N-ethyl adjacent to an activating group) is 1. The molecule has 1 unspecified atom stereocenters. The second-order valence-electron chi connectivity index (χ2n) is 8.80. The van der Waals surface area contributed by atoms with Gasteiger partial charge >= 0.3 is 0 Å². The number of nitrogens with zero attached hydrogens (tertiary/aromatic N) is 3. The Morgan fingerprint density at radius 1 is 1.12 bits per heavy atom. The first-order chi connectivity index (χ1) is 15.5. The van der Waals surface area contributed by atoms with Gasteiger partial charge in [0, 0.05) is 56.7 Å². The van der Waals surface area contributed by atoms with Crippen molar-refractivity contribution in [3.8, 4) is 0 Å². The third kappa shape index (κ3) is 5.26. The zero-order chi connectivity index (χ0) is 22.5. The Labute approximate surface area is 190 Å². The van der Waals surface area contributed by atoms with Crippen LogP contribution in [0.25, 0.3) is 0 Å². The SMILES string of the molecule is Cc1cccc(C(c2cccc(NC(=O)CCN3CCN(C)CC3)c2)c2cnc[nH]2)c1C. The lowest BCUT2D eigenvalue weighted by atomic mass is 9.85. The van der Waals surface area contributed by atoms with Crippen LogP contribution < -0.4 is 5.32 Å². The number of imidazole rings is 1. The number of amides is 1. The van der Waals surface area contributed by atoms with Crippen molar-refractivity contribution in [2.24, 2.45) is 0 Å². The summed E-state index contributed by atoms with van der Waals surface area (Å²) in [6, 6.07) is 14.6. The smallest absolute Gasteiger partial charge is 0.225 e. The van der Waals surface area contributed by atoms with Crippen LogP contribution in [-0.2, 0) is 4.79 Å². The number of aryl methyl sites for hydroxylation is 1. The van der Waals surface area contributed by atoms with Crippen LogP contribution in [0.15, 0.2) is 55.0 Å². The standard InChI is InChI=1S/C26H33N5O/c1-19-6-4-9-23(20(19)2)26(24-17-27-18-28-24)21-7-5-8-22(16-21)29-25(32)10-11-31-14-12-30(3)13-15-31/h4-9,16-18,26H,10-15H2,1-3H3,(H,27,28)(H,29,32). The van der Waals surface area contributed by atoms with Crippen molar-refractivity contribution in [1.29, 1.82) is 0 Å². The van der Waals surface area contributed by atoms with Crippen molar-refractivity contribution in [2.45, 2.75) is 26.2 Å². The number of hydrogen-bond acceptors (Lipinski definition) is 4. The van der Waals surface area contributed by atoms with E-state index in [0.29, 0.717) is 6.42 Å². The van der Waals surface area contributed by atoms with E-state index in [1.54, 1.807) is 6.33 Å². The monoisotopic (exact) mass is 431 g/mol. The lowest BCUT2D eigenvalue weighted by Gasteiger charge is -2.32. The number of H-pyrrole nitrogens is 1. The average Bonchev–Trinajstić information content (AvgIpc) is 3.31. The van der Waals surface area contributed by atoms with Gasteiger partial charge in [0.1, 0.15) is 0 Å². The molecule has 6 nitrogen and oxygen atoms in total. The van der Waals surface area contributed by atoms with Crippen LogP contribution in [-0.4, -0.2) is 65.4 Å². The molecule has 1 aliphatic heterocycles. The van der Waals surface area contributed by atoms with E-state index in [1.165, 1.54) is 16.7 Å². The van der Waals surface area contributed by atoms with Crippen LogP contribution in [0.2, 0.25) is 0 Å². The van der Waals surface area contributed by atoms with Gasteiger partial charge in [-0.15, -0.1) is 0 Å². The van der Waals surface area contributed by atoms with Crippen LogP contribution in [0.3, 0.4) is 0 Å². The summed E-state index contributed by atoms with van der Waals surface area (Å²) in [7, 11) is 2.14. The fourth-order valence-electron chi connectivity index (χ4n) is 4.39. The van der Waals surface area contributed by atoms with Gasteiger partial charge in [0.15, 0.2) is 0 Å². The molecule has 6 heteroatoms. The Morgan fingerprint density at radius 3 is 2.66 bits per heavy atom. The first-order valence-electron chi connectivity index (χ1n) is 11.4. The van der Waals surface area contributed by atoms with E-state index in [4.69, 9.17) is 0 Å². The van der Waals surface area contributed by atoms with Gasteiger partial charge in [-0.3, -0.25) is 4.79 Å². The quantitative estimate of drug-likeness (QED) is 0.598. The number of aromatic nitrogens is 2. The van der Waals surface area contributed by atoms with Crippen molar-refractivity contribution < 1.29 is 4.79 Å². The van der Waals surface area contributed by atoms with E-state index in [-0.39, 0.29) is 11.8 Å². The summed E-state index contributed by atoms with van der Waals surface area (Å²) in [4.78, 5) is 24.9. The van der Waals surface area contributed by atoms with Crippen molar-refractivity contribution in [2.75, 3.05) is 45.1 Å². The van der Waals surface area contributed by atoms with Gasteiger partial charge in [0.2, 0.25) is 5.91 Å². The van der Waals surface area contributed by atoms with E-state index in [2.05, 4.69) is 76.3 Å². The summed E-state index contributed by atoms with van der Waals surface area (Å²) in [5.74, 6) is 0.0884. The van der Waals surface area contributed by atoms with Crippen molar-refractivity contribution >= 4 is 11.6 Å². The molecule has 1 aromatic heterocycles. The maximum atomic E-state index is 12.6. The molecule has 168 valence electrons. The molecule has 2 aromatic carbocycles. The molecular weight excluding hydrogens is 398 g/mol. The molecule has 0 aliphatic carbocycles. The molecular formula is C26H33N5O. The summed E-state index contributed by atoms with van der Waals surface area (Å²) in [5, 5.41) is 3.11. The van der Waals surface area contributed by atoms with Crippen LogP contribution in [0.1, 0.15) is 40.3 Å². The first-order valence-corrected chi connectivity index (χ1v) is 11.4. The fourth-order valence-corrected chi connectivity index (χ4v) is 4.39. The van der Waals surface area contributed by atoms with Gasteiger partial charge in [-0.2, -0.15) is 0 Å². The highest BCUT2D eigenvalue weighted by atomic mass is 16.1. The van der Waals surface area contributed by atoms with Gasteiger partial charge < -0.3 is 20.1 Å². The van der Waals surface area contributed by atoms with Crippen molar-refractivity contribution in [3.05, 3.63) is 82.9 Å². The largest absolute Gasteiger partial charge is 0.348 e. The normalized spacial score (nSPS) is 16.1. The number of aromatic amines is 1. The van der Waals surface area contributed by atoms with E-state index in [9.17, 15) is 4.79 Å². The molecule has 1 saturated heterocycles. The van der Waals surface area contributed by atoms with Gasteiger partial charge in [-0.1, -0.05) is 30.3 Å². The number of rotatable bonds is 7. The van der Waals surface area contributed by atoms with Crippen LogP contribution >= 0.6 is 0 Å². The third-order valence-electron chi connectivity index (χ3n) is 6.54. The van der Waals surface area contributed by atoms with Gasteiger partial charge in [-0.25, -0.2) is 4.98 Å². The van der Waals surface area contributed by atoms with E-state index < -0.39 is 0 Å². The van der Waals surface area contributed by atoms with E-state index in [0.717, 1.165) is 49.7 Å². The Morgan fingerprint density at radius 2 is 1.91 bits per heavy atom. The molecule has 0 bridgehead atoms. The molecule has 0 spiro atoms. The Kier molecular flexibility index (Phi) is 7.02. The summed E-state index contributed by atoms with van der Waals surface area (Å²) in [6.45, 7) is 9.30. The van der Waals surface area contributed by atoms with Crippen LogP contribution in [0.5, 0.6) is 0 Å². The number of piperazine rings is 1. The van der Waals surface area contributed by atoms with Gasteiger partial charge in [-0.05, 0) is 55.3 Å². The summed E-state index contributed by atoms with van der Waals surface area (Å²) < 4.78 is 0. The molecule has 4 rings (SSSR count). The summed E-state index contributed by atoms with van der Waals surface area (Å²) in [5.41, 5.74) is 6.78. The highest BCUT2D eigenvalue weighted by Gasteiger charge is 2.21. The molecule has 2 N–H and O–H groups in total. The van der Waals surface area contributed by atoms with Crippen molar-refractivity contribution in [3.63, 3.8) is 0 Å². The van der Waals surface area contributed by atoms with Gasteiger partial charge in [0.05, 0.1) is 12.2 Å². The minimum Gasteiger partial charge on any atom is -0.348 e. The lowest BCUT2D eigenvalue weighted by molar-refractivity contribution is -0.116. The predicted octanol–water partition coefficient (Wildman–Crippen LogP) is 3.78. The Balaban J connectivity index is 1.50. The molecule has 1 atom stereocenters. The van der Waals surface area contributed by atoms with E-state index >= 15 is 0 Å². The van der Waals surface area contributed by atoms with Crippen LogP contribution in [0.4, 0.5) is 5.69 Å². The highest BCUT2D eigenvalue weighted by Crippen LogP contribution is 2.34. The van der Waals surface area contributed by atoms with E-state index in [1.807, 2.05) is 18.3 Å². The maximum Gasteiger partial charge on any atom is 0.225 e. The molecule has 0 saturated carbocycles. The maximum absolute atomic E-state index is 12.6. The zero-order valence-electron chi connectivity index (χ0n) is 19.3. The molecule has 2 heterocycles. The number of benzene rings is 2.